The van der Waals surface area contributed by atoms with Crippen molar-refractivity contribution in [2.75, 3.05) is 5.32 Å². The van der Waals surface area contributed by atoms with Gasteiger partial charge in [-0.2, -0.15) is 0 Å². The van der Waals surface area contributed by atoms with E-state index in [1.807, 2.05) is 36.4 Å². The number of amides is 1. The molecule has 5 heteroatoms. The molecule has 0 saturated carbocycles. The van der Waals surface area contributed by atoms with Crippen LogP contribution in [-0.4, -0.2) is 15.5 Å². The molecule has 4 aromatic rings. The lowest BCUT2D eigenvalue weighted by molar-refractivity contribution is 0.102. The van der Waals surface area contributed by atoms with Gasteiger partial charge in [-0.3, -0.25) is 4.79 Å². The summed E-state index contributed by atoms with van der Waals surface area (Å²) in [6.07, 6.45) is 2.76. The summed E-state index contributed by atoms with van der Waals surface area (Å²) in [4.78, 5) is 17.1. The fourth-order valence-electron chi connectivity index (χ4n) is 3.64. The van der Waals surface area contributed by atoms with Crippen LogP contribution in [0.1, 0.15) is 35.1 Å². The number of halogens is 1. The third-order valence-corrected chi connectivity index (χ3v) is 5.15. The smallest absolute Gasteiger partial charge is 0.258 e. The number of aromatic nitrogens is 2. The molecular formula is C25H24FN3O. The van der Waals surface area contributed by atoms with E-state index in [0.717, 1.165) is 42.7 Å². The first-order valence-electron chi connectivity index (χ1n) is 10.2. The van der Waals surface area contributed by atoms with Crippen LogP contribution in [0.25, 0.3) is 11.0 Å². The van der Waals surface area contributed by atoms with E-state index < -0.39 is 11.7 Å². The van der Waals surface area contributed by atoms with Gasteiger partial charge in [0.2, 0.25) is 0 Å². The van der Waals surface area contributed by atoms with Crippen LogP contribution in [0.4, 0.5) is 10.1 Å². The molecular weight excluding hydrogens is 377 g/mol. The third-order valence-electron chi connectivity index (χ3n) is 5.15. The number of imidazole rings is 1. The van der Waals surface area contributed by atoms with Crippen molar-refractivity contribution < 1.29 is 9.18 Å². The van der Waals surface area contributed by atoms with Crippen molar-refractivity contribution in [2.45, 2.75) is 32.7 Å². The highest BCUT2D eigenvalue weighted by Crippen LogP contribution is 2.19. The Morgan fingerprint density at radius 2 is 1.70 bits per heavy atom. The zero-order valence-corrected chi connectivity index (χ0v) is 16.9. The van der Waals surface area contributed by atoms with Gasteiger partial charge in [0.05, 0.1) is 16.6 Å². The Morgan fingerprint density at radius 3 is 2.47 bits per heavy atom. The minimum absolute atomic E-state index is 0.0383. The van der Waals surface area contributed by atoms with E-state index >= 15 is 0 Å². The standard InChI is InChI=1S/C25H24FN3O/c1-2-17-29-23-10-6-5-9-22(23)28-24(29)16-13-18-11-14-19(15-12-18)27-25(30)20-7-3-4-8-21(20)26/h3-12,14-15H,2,13,16-17H2,1H3,(H,27,30). The Hall–Kier alpha value is -3.47. The minimum atomic E-state index is -0.526. The van der Waals surface area contributed by atoms with E-state index in [0.29, 0.717) is 5.69 Å². The lowest BCUT2D eigenvalue weighted by atomic mass is 10.1. The lowest BCUT2D eigenvalue weighted by Crippen LogP contribution is -2.13. The highest BCUT2D eigenvalue weighted by Gasteiger charge is 2.12. The first kappa shape index (κ1) is 19.8. The Morgan fingerprint density at radius 1 is 0.967 bits per heavy atom. The molecule has 1 amide bonds. The van der Waals surface area contributed by atoms with E-state index in [9.17, 15) is 9.18 Å². The zero-order valence-electron chi connectivity index (χ0n) is 16.9. The van der Waals surface area contributed by atoms with E-state index in [4.69, 9.17) is 4.98 Å². The summed E-state index contributed by atoms with van der Waals surface area (Å²) in [7, 11) is 0. The van der Waals surface area contributed by atoms with Gasteiger partial charge in [0.15, 0.2) is 0 Å². The topological polar surface area (TPSA) is 46.9 Å². The van der Waals surface area contributed by atoms with Crippen LogP contribution >= 0.6 is 0 Å². The van der Waals surface area contributed by atoms with Crippen molar-refractivity contribution in [1.29, 1.82) is 0 Å². The quantitative estimate of drug-likeness (QED) is 0.437. The Labute approximate surface area is 175 Å². The molecule has 3 aromatic carbocycles. The third kappa shape index (κ3) is 4.25. The molecule has 0 unspecified atom stereocenters. The first-order chi connectivity index (χ1) is 14.7. The fourth-order valence-corrected chi connectivity index (χ4v) is 3.64. The SMILES string of the molecule is CCCn1c(CCc2ccc(NC(=O)c3ccccc3F)cc2)nc2ccccc21. The molecule has 30 heavy (non-hydrogen) atoms. The second kappa shape index (κ2) is 8.91. The van der Waals surface area contributed by atoms with Crippen LogP contribution in [0.3, 0.4) is 0 Å². The number of nitrogens with one attached hydrogen (secondary N) is 1. The van der Waals surface area contributed by atoms with Crippen molar-refractivity contribution in [1.82, 2.24) is 9.55 Å². The number of hydrogen-bond acceptors (Lipinski definition) is 2. The normalized spacial score (nSPS) is 11.0. The van der Waals surface area contributed by atoms with E-state index in [2.05, 4.69) is 28.9 Å². The van der Waals surface area contributed by atoms with Crippen LogP contribution < -0.4 is 5.32 Å². The van der Waals surface area contributed by atoms with Gasteiger partial charge >= 0.3 is 0 Å². The number of nitrogens with zero attached hydrogens (tertiary/aromatic N) is 2. The summed E-state index contributed by atoms with van der Waals surface area (Å²) < 4.78 is 16.1. The van der Waals surface area contributed by atoms with Gasteiger partial charge in [0.1, 0.15) is 11.6 Å². The number of carbonyl (C=O) groups is 1. The summed E-state index contributed by atoms with van der Waals surface area (Å²) in [6.45, 7) is 3.13. The van der Waals surface area contributed by atoms with Crippen molar-refractivity contribution >= 4 is 22.6 Å². The number of benzene rings is 3. The summed E-state index contributed by atoms with van der Waals surface area (Å²) in [5.41, 5.74) is 4.06. The van der Waals surface area contributed by atoms with E-state index in [1.165, 1.54) is 17.6 Å². The van der Waals surface area contributed by atoms with Crippen LogP contribution in [0.2, 0.25) is 0 Å². The summed E-state index contributed by atoms with van der Waals surface area (Å²) in [5.74, 6) is 0.116. The zero-order chi connectivity index (χ0) is 20.9. The fraction of sp³-hybridized carbons (Fsp3) is 0.200. The number of aryl methyl sites for hydroxylation is 3. The van der Waals surface area contributed by atoms with E-state index in [1.54, 1.807) is 12.1 Å². The Kier molecular flexibility index (Phi) is 5.89. The maximum absolute atomic E-state index is 13.8. The second-order valence-electron chi connectivity index (χ2n) is 7.30. The van der Waals surface area contributed by atoms with Gasteiger partial charge in [-0.15, -0.1) is 0 Å². The average molecular weight is 401 g/mol. The number of fused-ring (bicyclic) bond motifs is 1. The first-order valence-corrected chi connectivity index (χ1v) is 10.2. The molecule has 0 atom stereocenters. The molecule has 0 fully saturated rings. The van der Waals surface area contributed by atoms with Crippen molar-refractivity contribution in [2.24, 2.45) is 0 Å². The molecule has 4 rings (SSSR count). The maximum Gasteiger partial charge on any atom is 0.258 e. The predicted molar refractivity (Wildman–Crippen MR) is 118 cm³/mol. The molecule has 0 radical (unpaired) electrons. The maximum atomic E-state index is 13.8. The number of carbonyl (C=O) groups excluding carboxylic acids is 1. The van der Waals surface area contributed by atoms with Gasteiger partial charge in [-0.25, -0.2) is 9.37 Å². The molecule has 0 spiro atoms. The molecule has 4 nitrogen and oxygen atoms in total. The van der Waals surface area contributed by atoms with Crippen LogP contribution in [0.5, 0.6) is 0 Å². The second-order valence-corrected chi connectivity index (χ2v) is 7.30. The van der Waals surface area contributed by atoms with Gasteiger partial charge in [0.25, 0.3) is 5.91 Å². The Balaban J connectivity index is 1.43. The molecule has 0 saturated heterocycles. The van der Waals surface area contributed by atoms with Crippen molar-refractivity contribution in [3.8, 4) is 0 Å². The highest BCUT2D eigenvalue weighted by atomic mass is 19.1. The average Bonchev–Trinajstić information content (AvgIpc) is 3.11. The summed E-state index contributed by atoms with van der Waals surface area (Å²) in [6, 6.07) is 21.9. The number of para-hydroxylation sites is 2. The number of hydrogen-bond donors (Lipinski definition) is 1. The molecule has 0 aliphatic carbocycles. The van der Waals surface area contributed by atoms with Gasteiger partial charge in [0, 0.05) is 18.7 Å². The van der Waals surface area contributed by atoms with Gasteiger partial charge in [-0.1, -0.05) is 43.3 Å². The summed E-state index contributed by atoms with van der Waals surface area (Å²) in [5, 5.41) is 2.75. The van der Waals surface area contributed by atoms with Gasteiger partial charge < -0.3 is 9.88 Å². The van der Waals surface area contributed by atoms with Crippen LogP contribution in [-0.2, 0) is 19.4 Å². The van der Waals surface area contributed by atoms with Crippen molar-refractivity contribution in [3.05, 3.63) is 95.6 Å². The molecule has 0 aliphatic heterocycles. The summed E-state index contributed by atoms with van der Waals surface area (Å²) >= 11 is 0. The van der Waals surface area contributed by atoms with Gasteiger partial charge in [-0.05, 0) is 54.8 Å². The molecule has 1 N–H and O–H groups in total. The monoisotopic (exact) mass is 401 g/mol. The predicted octanol–water partition coefficient (Wildman–Crippen LogP) is 5.62. The van der Waals surface area contributed by atoms with Crippen LogP contribution in [0.15, 0.2) is 72.8 Å². The minimum Gasteiger partial charge on any atom is -0.328 e. The number of rotatable bonds is 7. The largest absolute Gasteiger partial charge is 0.328 e. The molecule has 0 aliphatic rings. The van der Waals surface area contributed by atoms with E-state index in [-0.39, 0.29) is 5.56 Å². The Bertz CT molecular complexity index is 1160. The molecule has 0 bridgehead atoms. The number of anilines is 1. The molecule has 1 heterocycles. The molecule has 152 valence electrons. The highest BCUT2D eigenvalue weighted by molar-refractivity contribution is 6.04. The lowest BCUT2D eigenvalue weighted by Gasteiger charge is -2.09. The van der Waals surface area contributed by atoms with Crippen molar-refractivity contribution in [3.63, 3.8) is 0 Å². The van der Waals surface area contributed by atoms with Crippen LogP contribution in [0, 0.1) is 5.82 Å². The molecule has 1 aromatic heterocycles.